The number of rotatable bonds is 2. The lowest BCUT2D eigenvalue weighted by Crippen LogP contribution is -2.17. The highest BCUT2D eigenvalue weighted by molar-refractivity contribution is 7.19. The Morgan fingerprint density at radius 3 is 1.38 bits per heavy atom. The lowest BCUT2D eigenvalue weighted by molar-refractivity contribution is 1.30. The van der Waals surface area contributed by atoms with Gasteiger partial charge in [-0.15, -0.1) is 0 Å². The minimum Gasteiger partial charge on any atom is -0.169 e. The molecule has 0 amide bonds. The summed E-state index contributed by atoms with van der Waals surface area (Å²) in [4.78, 5) is 0. The zero-order chi connectivity index (χ0) is 6.73. The van der Waals surface area contributed by atoms with Crippen LogP contribution >= 0.6 is 22.2 Å². The molecule has 0 spiro atoms. The Balaban J connectivity index is 3.46. The molecular weight excluding hydrogens is 175 g/mol. The van der Waals surface area contributed by atoms with Crippen LogP contribution in [0.2, 0.25) is 18.3 Å². The van der Waals surface area contributed by atoms with Crippen LogP contribution in [0.4, 0.5) is 0 Å². The van der Waals surface area contributed by atoms with Gasteiger partial charge in [0, 0.05) is 0 Å². The molecule has 8 heavy (non-hydrogen) atoms. The van der Waals surface area contributed by atoms with Crippen LogP contribution in [0.15, 0.2) is 0 Å². The van der Waals surface area contributed by atoms with Crippen molar-refractivity contribution >= 4 is 38.4 Å². The fraction of sp³-hybridized carbons (Fsp3) is 1.00. The Bertz CT molecular complexity index is 57.1. The maximum absolute atomic E-state index is 5.87. The SMILES string of the molecule is CC([Si](C)Cl)[Si](C)Cl. The highest BCUT2D eigenvalue weighted by atomic mass is 35.6. The summed E-state index contributed by atoms with van der Waals surface area (Å²) < 4.78 is 0. The maximum atomic E-state index is 5.87. The highest BCUT2D eigenvalue weighted by Crippen LogP contribution is 2.18. The molecule has 0 aliphatic heterocycles. The van der Waals surface area contributed by atoms with Crippen molar-refractivity contribution in [3.8, 4) is 0 Å². The first-order valence-corrected chi connectivity index (χ1v) is 8.71. The van der Waals surface area contributed by atoms with E-state index in [1.54, 1.807) is 0 Å². The van der Waals surface area contributed by atoms with E-state index in [9.17, 15) is 0 Å². The van der Waals surface area contributed by atoms with Gasteiger partial charge in [-0.3, -0.25) is 0 Å². The van der Waals surface area contributed by atoms with Gasteiger partial charge < -0.3 is 0 Å². The maximum Gasteiger partial charge on any atom is 0.163 e. The average molecular weight is 185 g/mol. The molecule has 0 fully saturated rings. The zero-order valence-corrected chi connectivity index (χ0v) is 8.85. The fourth-order valence-electron chi connectivity index (χ4n) is 0.274. The second-order valence-electron chi connectivity index (χ2n) is 1.90. The number of halogens is 2. The second kappa shape index (κ2) is 3.93. The monoisotopic (exact) mass is 184 g/mol. The Labute approximate surface area is 63.8 Å². The molecule has 0 aromatic rings. The van der Waals surface area contributed by atoms with Gasteiger partial charge in [-0.05, 0) is 5.16 Å². The third-order valence-electron chi connectivity index (χ3n) is 1.19. The molecule has 0 rings (SSSR count). The van der Waals surface area contributed by atoms with Crippen molar-refractivity contribution in [3.05, 3.63) is 0 Å². The summed E-state index contributed by atoms with van der Waals surface area (Å²) in [5, 5.41) is 0.605. The van der Waals surface area contributed by atoms with E-state index in [-0.39, 0.29) is 0 Å². The van der Waals surface area contributed by atoms with Crippen molar-refractivity contribution in [2.45, 2.75) is 25.2 Å². The fourth-order valence-corrected chi connectivity index (χ4v) is 5.92. The molecule has 2 radical (unpaired) electrons. The Hall–Kier alpha value is 1.01. The molecule has 48 valence electrons. The van der Waals surface area contributed by atoms with Crippen molar-refractivity contribution in [2.24, 2.45) is 0 Å². The van der Waals surface area contributed by atoms with E-state index >= 15 is 0 Å². The molecule has 0 aliphatic rings. The molecule has 0 aromatic carbocycles. The summed E-state index contributed by atoms with van der Waals surface area (Å²) in [6.45, 7) is 6.32. The Kier molecular flexibility index (Phi) is 4.43. The van der Waals surface area contributed by atoms with E-state index in [1.165, 1.54) is 0 Å². The van der Waals surface area contributed by atoms with E-state index < -0.39 is 16.2 Å². The summed E-state index contributed by atoms with van der Waals surface area (Å²) in [6.07, 6.45) is 0. The molecule has 0 aromatic heterocycles. The van der Waals surface area contributed by atoms with Crippen LogP contribution in [0.5, 0.6) is 0 Å². The normalized spacial score (nSPS) is 12.0. The molecule has 0 N–H and O–H groups in total. The molecule has 0 aliphatic carbocycles. The van der Waals surface area contributed by atoms with E-state index in [2.05, 4.69) is 20.0 Å². The van der Waals surface area contributed by atoms with Gasteiger partial charge in [-0.2, -0.15) is 22.2 Å². The van der Waals surface area contributed by atoms with Crippen LogP contribution in [0.3, 0.4) is 0 Å². The third kappa shape index (κ3) is 3.12. The molecule has 0 bridgehead atoms. The van der Waals surface area contributed by atoms with E-state index in [0.717, 1.165) is 0 Å². The lowest BCUT2D eigenvalue weighted by atomic mass is 10.9. The van der Waals surface area contributed by atoms with Crippen LogP contribution in [0.1, 0.15) is 6.92 Å². The first-order chi connectivity index (χ1) is 3.55. The molecule has 0 nitrogen and oxygen atoms in total. The third-order valence-corrected chi connectivity index (χ3v) is 9.24. The van der Waals surface area contributed by atoms with Gasteiger partial charge in [-0.25, -0.2) is 0 Å². The van der Waals surface area contributed by atoms with Gasteiger partial charge in [0.15, 0.2) is 16.2 Å². The topological polar surface area (TPSA) is 0 Å². The number of hydrogen-bond donors (Lipinski definition) is 0. The van der Waals surface area contributed by atoms with Crippen LogP contribution in [0.25, 0.3) is 0 Å². The molecule has 0 saturated heterocycles. The smallest absolute Gasteiger partial charge is 0.163 e. The highest BCUT2D eigenvalue weighted by Gasteiger charge is 2.18. The second-order valence-corrected chi connectivity index (χ2v) is 10.1. The molecule has 4 heteroatoms. The van der Waals surface area contributed by atoms with Crippen molar-refractivity contribution in [1.82, 2.24) is 0 Å². The predicted molar refractivity (Wildman–Crippen MR) is 44.4 cm³/mol. The van der Waals surface area contributed by atoms with Gasteiger partial charge in [0.2, 0.25) is 0 Å². The van der Waals surface area contributed by atoms with Crippen molar-refractivity contribution in [3.63, 3.8) is 0 Å². The summed E-state index contributed by atoms with van der Waals surface area (Å²) in [5.74, 6) is 0. The van der Waals surface area contributed by atoms with E-state index in [0.29, 0.717) is 5.16 Å². The van der Waals surface area contributed by atoms with Gasteiger partial charge in [-0.1, -0.05) is 20.0 Å². The Morgan fingerprint density at radius 2 is 1.38 bits per heavy atom. The molecular formula is C4H10Cl2Si2. The Morgan fingerprint density at radius 1 is 1.12 bits per heavy atom. The quantitative estimate of drug-likeness (QED) is 0.458. The van der Waals surface area contributed by atoms with Crippen molar-refractivity contribution in [2.75, 3.05) is 0 Å². The molecule has 0 unspecified atom stereocenters. The number of hydrogen-bond acceptors (Lipinski definition) is 0. The van der Waals surface area contributed by atoms with Crippen LogP contribution in [-0.2, 0) is 0 Å². The van der Waals surface area contributed by atoms with Crippen LogP contribution in [-0.4, -0.2) is 16.2 Å². The largest absolute Gasteiger partial charge is 0.169 e. The van der Waals surface area contributed by atoms with Gasteiger partial charge >= 0.3 is 0 Å². The van der Waals surface area contributed by atoms with Crippen molar-refractivity contribution in [1.29, 1.82) is 0 Å². The summed E-state index contributed by atoms with van der Waals surface area (Å²) in [6, 6.07) is 0. The van der Waals surface area contributed by atoms with E-state index in [1.807, 2.05) is 0 Å². The predicted octanol–water partition coefficient (Wildman–Crippen LogP) is 2.64. The van der Waals surface area contributed by atoms with E-state index in [4.69, 9.17) is 22.2 Å². The van der Waals surface area contributed by atoms with Crippen LogP contribution in [0, 0.1) is 0 Å². The van der Waals surface area contributed by atoms with Gasteiger partial charge in [0.1, 0.15) is 0 Å². The molecule has 0 saturated carbocycles. The van der Waals surface area contributed by atoms with Crippen molar-refractivity contribution < 1.29 is 0 Å². The standard InChI is InChI=1S/C4H10Cl2Si2/c1-4(7(2)5)8(3)6/h4H,1-3H3. The average Bonchev–Trinajstić information content (AvgIpc) is 1.64. The summed E-state index contributed by atoms with van der Waals surface area (Å²) in [7, 11) is -1.25. The summed E-state index contributed by atoms with van der Waals surface area (Å²) >= 11 is 11.7. The summed E-state index contributed by atoms with van der Waals surface area (Å²) in [5.41, 5.74) is 0. The first kappa shape index (κ1) is 9.01. The minimum atomic E-state index is -0.626. The van der Waals surface area contributed by atoms with Gasteiger partial charge in [0.05, 0.1) is 0 Å². The lowest BCUT2D eigenvalue weighted by Gasteiger charge is -2.10. The molecule has 0 heterocycles. The van der Waals surface area contributed by atoms with Crippen LogP contribution < -0.4 is 0 Å². The zero-order valence-electron chi connectivity index (χ0n) is 5.33. The van der Waals surface area contributed by atoms with Gasteiger partial charge in [0.25, 0.3) is 0 Å². The first-order valence-electron chi connectivity index (χ1n) is 2.53. The minimum absolute atomic E-state index is 0.605. The molecule has 0 atom stereocenters.